The van der Waals surface area contributed by atoms with Gasteiger partial charge in [-0.05, 0) is 24.7 Å². The second-order valence-corrected chi connectivity index (χ2v) is 5.07. The van der Waals surface area contributed by atoms with Crippen molar-refractivity contribution >= 4 is 18.4 Å². The topological polar surface area (TPSA) is 46.0 Å². The lowest BCUT2D eigenvalue weighted by molar-refractivity contribution is 0.871. The minimum atomic E-state index is 0.470. The number of aryl methyl sites for hydroxylation is 1. The lowest BCUT2D eigenvalue weighted by atomic mass is 10.2. The van der Waals surface area contributed by atoms with Crippen molar-refractivity contribution in [2.75, 3.05) is 0 Å². The maximum atomic E-state index is 5.24. The molecule has 0 radical (unpaired) electrons. The van der Waals surface area contributed by atoms with Gasteiger partial charge in [-0.25, -0.2) is 5.10 Å². The van der Waals surface area contributed by atoms with Crippen LogP contribution in [0.25, 0.3) is 11.4 Å². The highest BCUT2D eigenvalue weighted by Gasteiger charge is 2.06. The van der Waals surface area contributed by atoms with Crippen molar-refractivity contribution in [1.29, 1.82) is 0 Å². The lowest BCUT2D eigenvalue weighted by Gasteiger charge is -2.00. The van der Waals surface area contributed by atoms with Gasteiger partial charge in [-0.3, -0.25) is 0 Å². The van der Waals surface area contributed by atoms with Crippen LogP contribution >= 0.6 is 12.2 Å². The largest absolute Gasteiger partial charge is 0.250 e. The number of benzene rings is 2. The van der Waals surface area contributed by atoms with E-state index in [4.69, 9.17) is 12.2 Å². The van der Waals surface area contributed by atoms with Crippen molar-refractivity contribution in [3.05, 3.63) is 70.5 Å². The number of nitrogens with one attached hydrogen (secondary N) is 1. The Bertz CT molecular complexity index is 813. The Kier molecular flexibility index (Phi) is 3.75. The van der Waals surface area contributed by atoms with Gasteiger partial charge in [0, 0.05) is 5.56 Å². The van der Waals surface area contributed by atoms with Gasteiger partial charge in [0.05, 0.1) is 6.21 Å². The minimum Gasteiger partial charge on any atom is -0.250 e. The zero-order valence-corrected chi connectivity index (χ0v) is 12.3. The van der Waals surface area contributed by atoms with Gasteiger partial charge < -0.3 is 0 Å². The van der Waals surface area contributed by atoms with Crippen LogP contribution in [0.5, 0.6) is 0 Å². The minimum absolute atomic E-state index is 0.470. The molecule has 0 aliphatic carbocycles. The van der Waals surface area contributed by atoms with Crippen molar-refractivity contribution in [3.8, 4) is 11.4 Å². The molecule has 4 nitrogen and oxygen atoms in total. The maximum Gasteiger partial charge on any atom is 0.216 e. The normalized spacial score (nSPS) is 11.1. The molecule has 104 valence electrons. The summed E-state index contributed by atoms with van der Waals surface area (Å²) in [6.45, 7) is 2.06. The van der Waals surface area contributed by atoms with Gasteiger partial charge in [0.25, 0.3) is 0 Å². The molecule has 0 saturated heterocycles. The number of hydrogen-bond acceptors (Lipinski definition) is 3. The molecule has 3 aromatic rings. The summed E-state index contributed by atoms with van der Waals surface area (Å²) >= 11 is 5.24. The van der Waals surface area contributed by atoms with Gasteiger partial charge in [0.2, 0.25) is 4.77 Å². The van der Waals surface area contributed by atoms with E-state index in [0.29, 0.717) is 10.6 Å². The SMILES string of the molecule is Cc1ccc(/C=N\n2c(-c3ccccc3)n[nH]c2=S)cc1. The Labute approximate surface area is 127 Å². The summed E-state index contributed by atoms with van der Waals surface area (Å²) in [5, 5.41) is 11.5. The van der Waals surface area contributed by atoms with Crippen molar-refractivity contribution < 1.29 is 0 Å². The summed E-state index contributed by atoms with van der Waals surface area (Å²) in [6, 6.07) is 18.0. The van der Waals surface area contributed by atoms with Crippen LogP contribution in [-0.2, 0) is 0 Å². The smallest absolute Gasteiger partial charge is 0.216 e. The molecule has 1 aromatic heterocycles. The van der Waals surface area contributed by atoms with E-state index in [1.54, 1.807) is 10.9 Å². The third kappa shape index (κ3) is 2.98. The van der Waals surface area contributed by atoms with Crippen LogP contribution in [-0.4, -0.2) is 21.1 Å². The first kappa shape index (κ1) is 13.5. The van der Waals surface area contributed by atoms with Crippen LogP contribution in [0, 0.1) is 11.7 Å². The summed E-state index contributed by atoms with van der Waals surface area (Å²) in [4.78, 5) is 0. The van der Waals surface area contributed by atoms with E-state index in [9.17, 15) is 0 Å². The molecule has 0 saturated carbocycles. The predicted molar refractivity (Wildman–Crippen MR) is 87.0 cm³/mol. The maximum absolute atomic E-state index is 5.24. The molecular weight excluding hydrogens is 280 g/mol. The summed E-state index contributed by atoms with van der Waals surface area (Å²) in [5.74, 6) is 0.698. The second-order valence-electron chi connectivity index (χ2n) is 4.69. The fraction of sp³-hybridized carbons (Fsp3) is 0.0625. The Morgan fingerprint density at radius 2 is 1.81 bits per heavy atom. The van der Waals surface area contributed by atoms with Crippen molar-refractivity contribution in [1.82, 2.24) is 14.9 Å². The molecule has 0 unspecified atom stereocenters. The first-order chi connectivity index (χ1) is 10.2. The third-order valence-electron chi connectivity index (χ3n) is 3.08. The molecule has 0 atom stereocenters. The molecule has 0 fully saturated rings. The monoisotopic (exact) mass is 294 g/mol. The van der Waals surface area contributed by atoms with E-state index < -0.39 is 0 Å². The van der Waals surface area contributed by atoms with Crippen LogP contribution in [0.4, 0.5) is 0 Å². The summed E-state index contributed by atoms with van der Waals surface area (Å²) in [5.41, 5.74) is 3.20. The van der Waals surface area contributed by atoms with E-state index in [-0.39, 0.29) is 0 Å². The molecule has 0 amide bonds. The highest BCUT2D eigenvalue weighted by Crippen LogP contribution is 2.16. The van der Waals surface area contributed by atoms with Crippen LogP contribution in [0.15, 0.2) is 59.7 Å². The molecular formula is C16H14N4S. The summed E-state index contributed by atoms with van der Waals surface area (Å²) in [6.07, 6.45) is 1.78. The van der Waals surface area contributed by atoms with Crippen molar-refractivity contribution in [2.24, 2.45) is 5.10 Å². The average Bonchev–Trinajstić information content (AvgIpc) is 2.89. The first-order valence-corrected chi connectivity index (χ1v) is 6.99. The zero-order chi connectivity index (χ0) is 14.7. The lowest BCUT2D eigenvalue weighted by Crippen LogP contribution is -1.94. The number of hydrogen-bond donors (Lipinski definition) is 1. The van der Waals surface area contributed by atoms with E-state index in [1.165, 1.54) is 5.56 Å². The Morgan fingerprint density at radius 1 is 1.10 bits per heavy atom. The van der Waals surface area contributed by atoms with E-state index >= 15 is 0 Å². The number of aromatic amines is 1. The first-order valence-electron chi connectivity index (χ1n) is 6.58. The van der Waals surface area contributed by atoms with Crippen molar-refractivity contribution in [3.63, 3.8) is 0 Å². The molecule has 2 aromatic carbocycles. The molecule has 0 bridgehead atoms. The molecule has 0 aliphatic rings. The fourth-order valence-electron chi connectivity index (χ4n) is 1.95. The zero-order valence-electron chi connectivity index (χ0n) is 11.5. The number of rotatable bonds is 3. The summed E-state index contributed by atoms with van der Waals surface area (Å²) < 4.78 is 2.10. The highest BCUT2D eigenvalue weighted by atomic mass is 32.1. The second kappa shape index (κ2) is 5.85. The number of nitrogens with zero attached hydrogens (tertiary/aromatic N) is 3. The van der Waals surface area contributed by atoms with Crippen LogP contribution in [0.1, 0.15) is 11.1 Å². The van der Waals surface area contributed by atoms with E-state index in [1.807, 2.05) is 54.6 Å². The Morgan fingerprint density at radius 3 is 2.52 bits per heavy atom. The molecule has 1 N–H and O–H groups in total. The van der Waals surface area contributed by atoms with Crippen LogP contribution < -0.4 is 0 Å². The van der Waals surface area contributed by atoms with Gasteiger partial charge >= 0.3 is 0 Å². The molecule has 1 heterocycles. The Hall–Kier alpha value is -2.53. The van der Waals surface area contributed by atoms with E-state index in [0.717, 1.165) is 11.1 Å². The number of aromatic nitrogens is 3. The van der Waals surface area contributed by atoms with Crippen molar-refractivity contribution in [2.45, 2.75) is 6.92 Å². The van der Waals surface area contributed by atoms with Crippen LogP contribution in [0.3, 0.4) is 0 Å². The molecule has 0 spiro atoms. The van der Waals surface area contributed by atoms with Gasteiger partial charge in [0.1, 0.15) is 0 Å². The fourth-order valence-corrected chi connectivity index (χ4v) is 2.13. The molecule has 0 aliphatic heterocycles. The predicted octanol–water partition coefficient (Wildman–Crippen LogP) is 3.80. The molecule has 5 heteroatoms. The molecule has 21 heavy (non-hydrogen) atoms. The van der Waals surface area contributed by atoms with Gasteiger partial charge in [-0.2, -0.15) is 14.9 Å². The molecule has 3 rings (SSSR count). The van der Waals surface area contributed by atoms with Gasteiger partial charge in [-0.15, -0.1) is 0 Å². The van der Waals surface area contributed by atoms with Crippen LogP contribution in [0.2, 0.25) is 0 Å². The summed E-state index contributed by atoms with van der Waals surface area (Å²) in [7, 11) is 0. The average molecular weight is 294 g/mol. The number of H-pyrrole nitrogens is 1. The Balaban J connectivity index is 1.98. The van der Waals surface area contributed by atoms with Gasteiger partial charge in [-0.1, -0.05) is 60.2 Å². The quantitative estimate of drug-likeness (QED) is 0.590. The van der Waals surface area contributed by atoms with Gasteiger partial charge in [0.15, 0.2) is 5.82 Å². The third-order valence-corrected chi connectivity index (χ3v) is 3.35. The standard InChI is InChI=1S/C16H14N4S/c1-12-7-9-13(10-8-12)11-17-20-15(18-19-16(20)21)14-5-3-2-4-6-14/h2-11H,1H3,(H,19,21)/b17-11-. The highest BCUT2D eigenvalue weighted by molar-refractivity contribution is 7.71. The van der Waals surface area contributed by atoms with E-state index in [2.05, 4.69) is 22.2 Å².